The van der Waals surface area contributed by atoms with E-state index in [1.807, 2.05) is 6.07 Å². The van der Waals surface area contributed by atoms with E-state index in [0.717, 1.165) is 5.69 Å². The van der Waals surface area contributed by atoms with Crippen molar-refractivity contribution in [2.45, 2.75) is 12.6 Å². The van der Waals surface area contributed by atoms with E-state index in [9.17, 15) is 0 Å². The molecular weight excluding hydrogens is 158 g/mol. The molecule has 0 fully saturated rings. The van der Waals surface area contributed by atoms with Crippen molar-refractivity contribution in [3.05, 3.63) is 18.0 Å². The highest BCUT2D eigenvalue weighted by molar-refractivity contribution is 4.96. The number of aromatic amines is 1. The molecule has 4 N–H and O–H groups in total. The number of aliphatic hydroxyl groups is 2. The summed E-state index contributed by atoms with van der Waals surface area (Å²) >= 11 is 0. The summed E-state index contributed by atoms with van der Waals surface area (Å²) in [5.41, 5.74) is 0.932. The molecule has 0 aromatic carbocycles. The van der Waals surface area contributed by atoms with Gasteiger partial charge in [0.2, 0.25) is 0 Å². The van der Waals surface area contributed by atoms with Crippen LogP contribution in [0.25, 0.3) is 0 Å². The first-order chi connectivity index (χ1) is 5.86. The van der Waals surface area contributed by atoms with Crippen molar-refractivity contribution in [2.75, 3.05) is 13.2 Å². The van der Waals surface area contributed by atoms with Crippen LogP contribution in [-0.2, 0) is 6.54 Å². The van der Waals surface area contributed by atoms with Crippen LogP contribution in [0.3, 0.4) is 0 Å². The van der Waals surface area contributed by atoms with Crippen LogP contribution in [0.2, 0.25) is 0 Å². The molecule has 1 aromatic rings. The SMILES string of the molecule is OCC(CO)NCc1ccn[nH]1. The first-order valence-electron chi connectivity index (χ1n) is 3.80. The summed E-state index contributed by atoms with van der Waals surface area (Å²) in [6, 6.07) is 1.58. The van der Waals surface area contributed by atoms with Crippen molar-refractivity contribution in [3.63, 3.8) is 0 Å². The Hall–Kier alpha value is -0.910. The molecule has 0 saturated heterocycles. The van der Waals surface area contributed by atoms with Crippen LogP contribution in [0.1, 0.15) is 5.69 Å². The third-order valence-corrected chi connectivity index (χ3v) is 1.58. The number of nitrogens with one attached hydrogen (secondary N) is 2. The first kappa shape index (κ1) is 9.18. The Labute approximate surface area is 70.4 Å². The molecule has 0 saturated carbocycles. The highest BCUT2D eigenvalue weighted by Gasteiger charge is 2.03. The van der Waals surface area contributed by atoms with E-state index in [2.05, 4.69) is 15.5 Å². The van der Waals surface area contributed by atoms with Crippen LogP contribution in [0, 0.1) is 0 Å². The summed E-state index contributed by atoms with van der Waals surface area (Å²) < 4.78 is 0. The highest BCUT2D eigenvalue weighted by atomic mass is 16.3. The zero-order valence-electron chi connectivity index (χ0n) is 6.70. The Balaban J connectivity index is 2.25. The zero-order valence-corrected chi connectivity index (χ0v) is 6.70. The second-order valence-electron chi connectivity index (χ2n) is 2.52. The van der Waals surface area contributed by atoms with Gasteiger partial charge in [0.25, 0.3) is 0 Å². The third kappa shape index (κ3) is 2.61. The maximum absolute atomic E-state index is 8.71. The van der Waals surface area contributed by atoms with Crippen molar-refractivity contribution in [1.82, 2.24) is 15.5 Å². The van der Waals surface area contributed by atoms with Gasteiger partial charge in [-0.25, -0.2) is 0 Å². The molecular formula is C7H13N3O2. The molecule has 0 aliphatic heterocycles. The Morgan fingerprint density at radius 2 is 2.25 bits per heavy atom. The first-order valence-corrected chi connectivity index (χ1v) is 3.80. The monoisotopic (exact) mass is 171 g/mol. The van der Waals surface area contributed by atoms with E-state index in [-0.39, 0.29) is 19.3 Å². The Morgan fingerprint density at radius 1 is 1.50 bits per heavy atom. The van der Waals surface area contributed by atoms with Crippen molar-refractivity contribution in [2.24, 2.45) is 0 Å². The fraction of sp³-hybridized carbons (Fsp3) is 0.571. The number of rotatable bonds is 5. The van der Waals surface area contributed by atoms with Gasteiger partial charge in [-0.2, -0.15) is 5.10 Å². The number of aromatic nitrogens is 2. The Kier molecular flexibility index (Phi) is 3.72. The topological polar surface area (TPSA) is 81.2 Å². The number of nitrogens with zero attached hydrogens (tertiary/aromatic N) is 1. The van der Waals surface area contributed by atoms with Gasteiger partial charge in [-0.1, -0.05) is 0 Å². The van der Waals surface area contributed by atoms with Crippen LogP contribution in [0.4, 0.5) is 0 Å². The normalized spacial score (nSPS) is 10.9. The zero-order chi connectivity index (χ0) is 8.81. The molecule has 0 unspecified atom stereocenters. The fourth-order valence-corrected chi connectivity index (χ4v) is 0.824. The van der Waals surface area contributed by atoms with Gasteiger partial charge in [0.15, 0.2) is 0 Å². The van der Waals surface area contributed by atoms with Gasteiger partial charge in [0.05, 0.1) is 19.3 Å². The summed E-state index contributed by atoms with van der Waals surface area (Å²) in [7, 11) is 0. The summed E-state index contributed by atoms with van der Waals surface area (Å²) in [4.78, 5) is 0. The molecule has 5 heteroatoms. The Morgan fingerprint density at radius 3 is 2.75 bits per heavy atom. The third-order valence-electron chi connectivity index (χ3n) is 1.58. The standard InChI is InChI=1S/C7H13N3O2/c11-4-7(5-12)8-3-6-1-2-9-10-6/h1-2,7-8,11-12H,3-5H2,(H,9,10). The van der Waals surface area contributed by atoms with E-state index in [4.69, 9.17) is 10.2 Å². The largest absolute Gasteiger partial charge is 0.395 e. The van der Waals surface area contributed by atoms with Crippen molar-refractivity contribution < 1.29 is 10.2 Å². The Bertz CT molecular complexity index is 196. The molecule has 5 nitrogen and oxygen atoms in total. The predicted molar refractivity (Wildman–Crippen MR) is 43.4 cm³/mol. The summed E-state index contributed by atoms with van der Waals surface area (Å²) in [5, 5.41) is 26.9. The molecule has 1 rings (SSSR count). The molecule has 0 aliphatic rings. The minimum absolute atomic E-state index is 0.0648. The van der Waals surface area contributed by atoms with Gasteiger partial charge in [-0.15, -0.1) is 0 Å². The van der Waals surface area contributed by atoms with E-state index >= 15 is 0 Å². The lowest BCUT2D eigenvalue weighted by molar-refractivity contribution is 0.170. The average Bonchev–Trinajstić information content (AvgIpc) is 2.59. The van der Waals surface area contributed by atoms with Crippen LogP contribution in [-0.4, -0.2) is 39.7 Å². The van der Waals surface area contributed by atoms with Crippen LogP contribution in [0.15, 0.2) is 12.3 Å². The maximum atomic E-state index is 8.71. The lowest BCUT2D eigenvalue weighted by Gasteiger charge is -2.11. The molecule has 68 valence electrons. The van der Waals surface area contributed by atoms with E-state index in [1.54, 1.807) is 6.20 Å². The number of H-pyrrole nitrogens is 1. The van der Waals surface area contributed by atoms with Gasteiger partial charge >= 0.3 is 0 Å². The van der Waals surface area contributed by atoms with Gasteiger partial charge in [-0.05, 0) is 6.07 Å². The van der Waals surface area contributed by atoms with Crippen molar-refractivity contribution >= 4 is 0 Å². The molecule has 0 bridgehead atoms. The van der Waals surface area contributed by atoms with Crippen LogP contribution in [0.5, 0.6) is 0 Å². The summed E-state index contributed by atoms with van der Waals surface area (Å²) in [6.07, 6.45) is 1.66. The number of hydrogen-bond acceptors (Lipinski definition) is 4. The van der Waals surface area contributed by atoms with Gasteiger partial charge < -0.3 is 15.5 Å². The van der Waals surface area contributed by atoms with Gasteiger partial charge in [0.1, 0.15) is 0 Å². The van der Waals surface area contributed by atoms with E-state index < -0.39 is 0 Å². The number of hydrogen-bond donors (Lipinski definition) is 4. The lowest BCUT2D eigenvalue weighted by atomic mass is 10.3. The fourth-order valence-electron chi connectivity index (χ4n) is 0.824. The van der Waals surface area contributed by atoms with Crippen LogP contribution >= 0.6 is 0 Å². The maximum Gasteiger partial charge on any atom is 0.0607 e. The molecule has 0 radical (unpaired) electrons. The minimum Gasteiger partial charge on any atom is -0.395 e. The van der Waals surface area contributed by atoms with Crippen LogP contribution < -0.4 is 5.32 Å². The molecule has 0 aliphatic carbocycles. The van der Waals surface area contributed by atoms with E-state index in [0.29, 0.717) is 6.54 Å². The quantitative estimate of drug-likeness (QED) is 0.451. The molecule has 1 aromatic heterocycles. The highest BCUT2D eigenvalue weighted by Crippen LogP contribution is 1.91. The lowest BCUT2D eigenvalue weighted by Crippen LogP contribution is -2.35. The average molecular weight is 171 g/mol. The molecule has 1 heterocycles. The molecule has 0 spiro atoms. The van der Waals surface area contributed by atoms with Gasteiger partial charge in [-0.3, -0.25) is 5.10 Å². The predicted octanol–water partition coefficient (Wildman–Crippen LogP) is -1.15. The second kappa shape index (κ2) is 4.87. The summed E-state index contributed by atoms with van der Waals surface area (Å²) in [6.45, 7) is 0.445. The van der Waals surface area contributed by atoms with E-state index in [1.165, 1.54) is 0 Å². The molecule has 0 amide bonds. The second-order valence-corrected chi connectivity index (χ2v) is 2.52. The molecule has 12 heavy (non-hydrogen) atoms. The van der Waals surface area contributed by atoms with Gasteiger partial charge in [0, 0.05) is 18.4 Å². The summed E-state index contributed by atoms with van der Waals surface area (Å²) in [5.74, 6) is 0. The minimum atomic E-state index is -0.256. The van der Waals surface area contributed by atoms with Crippen molar-refractivity contribution in [3.8, 4) is 0 Å². The van der Waals surface area contributed by atoms with Crippen molar-refractivity contribution in [1.29, 1.82) is 0 Å². The number of aliphatic hydroxyl groups excluding tert-OH is 2. The smallest absolute Gasteiger partial charge is 0.0607 e. The molecule has 0 atom stereocenters.